The molecule has 0 saturated carbocycles. The highest BCUT2D eigenvalue weighted by atomic mass is 32.2. The molecule has 1 rings (SSSR count). The van der Waals surface area contributed by atoms with Crippen LogP contribution in [0.5, 0.6) is 0 Å². The van der Waals surface area contributed by atoms with Gasteiger partial charge in [-0.25, -0.2) is 13.1 Å². The molecule has 0 radical (unpaired) electrons. The summed E-state index contributed by atoms with van der Waals surface area (Å²) in [7, 11) is -1.14. The normalized spacial score (nSPS) is 22.3. The maximum atomic E-state index is 12.0. The molecule has 1 atom stereocenters. The van der Waals surface area contributed by atoms with Gasteiger partial charge in [-0.15, -0.1) is 0 Å². The van der Waals surface area contributed by atoms with Crippen molar-refractivity contribution in [3.05, 3.63) is 0 Å². The van der Waals surface area contributed by atoms with Gasteiger partial charge in [0.05, 0.1) is 5.25 Å². The third-order valence-corrected chi connectivity index (χ3v) is 5.23. The summed E-state index contributed by atoms with van der Waals surface area (Å²) in [5.74, 6) is 0. The maximum Gasteiger partial charge on any atom is 0.215 e. The fraction of sp³-hybridized carbons (Fsp3) is 1.00. The van der Waals surface area contributed by atoms with Crippen molar-refractivity contribution in [3.63, 3.8) is 0 Å². The Labute approximate surface area is 105 Å². The predicted molar refractivity (Wildman–Crippen MR) is 70.6 cm³/mol. The van der Waals surface area contributed by atoms with E-state index < -0.39 is 10.0 Å². The van der Waals surface area contributed by atoms with Crippen LogP contribution in [0.25, 0.3) is 0 Å². The van der Waals surface area contributed by atoms with Crippen LogP contribution in [0.4, 0.5) is 0 Å². The van der Waals surface area contributed by atoms with Crippen LogP contribution >= 0.6 is 0 Å². The monoisotopic (exact) mass is 263 g/mol. The minimum atomic E-state index is -3.14. The van der Waals surface area contributed by atoms with E-state index in [0.717, 1.165) is 25.9 Å². The van der Waals surface area contributed by atoms with Gasteiger partial charge in [0.15, 0.2) is 0 Å². The Balaban J connectivity index is 2.34. The third-order valence-electron chi connectivity index (χ3n) is 3.34. The molecule has 17 heavy (non-hydrogen) atoms. The third kappa shape index (κ3) is 4.91. The lowest BCUT2D eigenvalue weighted by Crippen LogP contribution is -2.46. The highest BCUT2D eigenvalue weighted by Gasteiger charge is 2.26. The van der Waals surface area contributed by atoms with Crippen molar-refractivity contribution in [2.75, 3.05) is 33.2 Å². The van der Waals surface area contributed by atoms with Gasteiger partial charge < -0.3 is 10.2 Å². The largest absolute Gasteiger partial charge is 0.315 e. The number of hydrogen-bond acceptors (Lipinski definition) is 4. The summed E-state index contributed by atoms with van der Waals surface area (Å²) >= 11 is 0. The van der Waals surface area contributed by atoms with E-state index in [9.17, 15) is 8.42 Å². The summed E-state index contributed by atoms with van der Waals surface area (Å²) in [6, 6.07) is 0.441. The number of rotatable bonds is 6. The van der Waals surface area contributed by atoms with Gasteiger partial charge in [0.1, 0.15) is 0 Å². The zero-order valence-electron chi connectivity index (χ0n) is 11.1. The van der Waals surface area contributed by atoms with E-state index in [1.165, 1.54) is 0 Å². The molecule has 0 aromatic carbocycles. The van der Waals surface area contributed by atoms with Crippen LogP contribution < -0.4 is 10.0 Å². The molecule has 1 heterocycles. The Morgan fingerprint density at radius 2 is 2.18 bits per heavy atom. The zero-order chi connectivity index (χ0) is 12.9. The lowest BCUT2D eigenvalue weighted by Gasteiger charge is -2.25. The molecule has 6 heteroatoms. The number of piperidine rings is 1. The first-order valence-electron chi connectivity index (χ1n) is 6.33. The lowest BCUT2D eigenvalue weighted by atomic mass is 10.2. The van der Waals surface area contributed by atoms with Crippen LogP contribution in [0.1, 0.15) is 26.7 Å². The van der Waals surface area contributed by atoms with E-state index in [4.69, 9.17) is 0 Å². The van der Waals surface area contributed by atoms with Crippen LogP contribution in [0.3, 0.4) is 0 Å². The highest BCUT2D eigenvalue weighted by molar-refractivity contribution is 7.90. The molecule has 1 aliphatic heterocycles. The van der Waals surface area contributed by atoms with Crippen molar-refractivity contribution in [2.24, 2.45) is 0 Å². The molecule has 102 valence electrons. The molecule has 0 aromatic heterocycles. The first kappa shape index (κ1) is 14.9. The smallest absolute Gasteiger partial charge is 0.215 e. The van der Waals surface area contributed by atoms with Crippen LogP contribution in [-0.2, 0) is 10.0 Å². The Hall–Kier alpha value is -0.170. The molecular formula is C11H25N3O2S. The van der Waals surface area contributed by atoms with Gasteiger partial charge in [0, 0.05) is 25.7 Å². The van der Waals surface area contributed by atoms with Gasteiger partial charge in [0.2, 0.25) is 10.0 Å². The molecule has 0 amide bonds. The van der Waals surface area contributed by atoms with Crippen molar-refractivity contribution in [3.8, 4) is 0 Å². The standard InChI is InChI=1S/C11H25N3O2S/c1-10(2)14(3)8-7-13-17(15,16)11-5-4-6-12-9-11/h10-13H,4-9H2,1-3H3. The molecule has 0 spiro atoms. The first-order valence-corrected chi connectivity index (χ1v) is 7.87. The van der Waals surface area contributed by atoms with Crippen LogP contribution in [0.2, 0.25) is 0 Å². The van der Waals surface area contributed by atoms with Gasteiger partial charge in [0.25, 0.3) is 0 Å². The van der Waals surface area contributed by atoms with E-state index in [0.29, 0.717) is 19.1 Å². The molecule has 0 aromatic rings. The SMILES string of the molecule is CC(C)N(C)CCNS(=O)(=O)C1CCCNC1. The van der Waals surface area contributed by atoms with Crippen molar-refractivity contribution >= 4 is 10.0 Å². The van der Waals surface area contributed by atoms with Crippen molar-refractivity contribution in [1.29, 1.82) is 0 Å². The summed E-state index contributed by atoms with van der Waals surface area (Å²) in [6.07, 6.45) is 1.71. The molecular weight excluding hydrogens is 238 g/mol. The van der Waals surface area contributed by atoms with E-state index >= 15 is 0 Å². The van der Waals surface area contributed by atoms with Crippen LogP contribution in [0.15, 0.2) is 0 Å². The molecule has 0 bridgehead atoms. The van der Waals surface area contributed by atoms with E-state index in [1.807, 2.05) is 7.05 Å². The van der Waals surface area contributed by atoms with Crippen molar-refractivity contribution in [1.82, 2.24) is 14.9 Å². The van der Waals surface area contributed by atoms with Gasteiger partial charge in [-0.05, 0) is 40.3 Å². The van der Waals surface area contributed by atoms with Gasteiger partial charge in [-0.3, -0.25) is 0 Å². The average Bonchev–Trinajstić information content (AvgIpc) is 2.29. The van der Waals surface area contributed by atoms with E-state index in [2.05, 4.69) is 28.8 Å². The lowest BCUT2D eigenvalue weighted by molar-refractivity contribution is 0.278. The Morgan fingerprint density at radius 3 is 2.71 bits per heavy atom. The first-order chi connectivity index (χ1) is 7.93. The second kappa shape index (κ2) is 6.68. The fourth-order valence-corrected chi connectivity index (χ4v) is 3.25. The van der Waals surface area contributed by atoms with E-state index in [-0.39, 0.29) is 5.25 Å². The van der Waals surface area contributed by atoms with Crippen LogP contribution in [0, 0.1) is 0 Å². The van der Waals surface area contributed by atoms with Crippen LogP contribution in [-0.4, -0.2) is 57.8 Å². The number of sulfonamides is 1. The second-order valence-electron chi connectivity index (χ2n) is 4.98. The Kier molecular flexibility index (Phi) is 5.85. The second-order valence-corrected chi connectivity index (χ2v) is 7.03. The number of nitrogens with one attached hydrogen (secondary N) is 2. The minimum absolute atomic E-state index is 0.263. The topological polar surface area (TPSA) is 61.4 Å². The van der Waals surface area contributed by atoms with Gasteiger partial charge in [-0.2, -0.15) is 0 Å². The Morgan fingerprint density at radius 1 is 1.47 bits per heavy atom. The number of nitrogens with zero attached hydrogens (tertiary/aromatic N) is 1. The molecule has 1 fully saturated rings. The summed E-state index contributed by atoms with van der Waals surface area (Å²) in [6.45, 7) is 6.95. The molecule has 1 unspecified atom stereocenters. The maximum absolute atomic E-state index is 12.0. The average molecular weight is 263 g/mol. The summed E-state index contributed by atoms with van der Waals surface area (Å²) in [5, 5.41) is 2.87. The van der Waals surface area contributed by atoms with E-state index in [1.54, 1.807) is 0 Å². The zero-order valence-corrected chi connectivity index (χ0v) is 11.9. The molecule has 1 aliphatic rings. The van der Waals surface area contributed by atoms with Gasteiger partial charge >= 0.3 is 0 Å². The quantitative estimate of drug-likeness (QED) is 0.708. The minimum Gasteiger partial charge on any atom is -0.315 e. The highest BCUT2D eigenvalue weighted by Crippen LogP contribution is 2.10. The van der Waals surface area contributed by atoms with Crippen molar-refractivity contribution in [2.45, 2.75) is 38.0 Å². The summed E-state index contributed by atoms with van der Waals surface area (Å²) in [5.41, 5.74) is 0. The Bertz CT molecular complexity index is 311. The van der Waals surface area contributed by atoms with Gasteiger partial charge in [-0.1, -0.05) is 0 Å². The number of likely N-dealkylation sites (N-methyl/N-ethyl adjacent to an activating group) is 1. The molecule has 2 N–H and O–H groups in total. The molecule has 5 nitrogen and oxygen atoms in total. The number of hydrogen-bond donors (Lipinski definition) is 2. The summed E-state index contributed by atoms with van der Waals surface area (Å²) in [4.78, 5) is 2.13. The molecule has 0 aliphatic carbocycles. The molecule has 1 saturated heterocycles. The van der Waals surface area contributed by atoms with Crippen molar-refractivity contribution < 1.29 is 8.42 Å². The predicted octanol–water partition coefficient (Wildman–Crippen LogP) is -0.00200. The fourth-order valence-electron chi connectivity index (χ4n) is 1.83. The summed E-state index contributed by atoms with van der Waals surface area (Å²) < 4.78 is 26.6.